The molecule has 0 saturated carbocycles. The van der Waals surface area contributed by atoms with E-state index in [0.29, 0.717) is 6.42 Å². The fourth-order valence-corrected chi connectivity index (χ4v) is 1.49. The molecule has 0 rings (SSSR count). The zero-order valence-corrected chi connectivity index (χ0v) is 11.0. The molecule has 1 nitrogen and oxygen atoms in total. The number of unbranched alkanes of at least 4 members (excludes halogenated alkanes) is 2. The fourth-order valence-electron chi connectivity index (χ4n) is 1.49. The second-order valence-electron chi connectivity index (χ2n) is 4.87. The van der Waals surface area contributed by atoms with Crippen LogP contribution in [0.15, 0.2) is 12.7 Å². The van der Waals surface area contributed by atoms with Crippen LogP contribution in [0.25, 0.3) is 0 Å². The number of alkyl halides is 3. The van der Waals surface area contributed by atoms with Crippen molar-refractivity contribution < 1.29 is 13.2 Å². The lowest BCUT2D eigenvalue weighted by molar-refractivity contribution is -0.159. The molecule has 102 valence electrons. The summed E-state index contributed by atoms with van der Waals surface area (Å²) >= 11 is 0. The quantitative estimate of drug-likeness (QED) is 0.501. The Bertz CT molecular complexity index is 211. The molecule has 0 aromatic carbocycles. The van der Waals surface area contributed by atoms with Gasteiger partial charge in [0.1, 0.15) is 6.04 Å². The number of allylic oxidation sites excluding steroid dienone is 1. The lowest BCUT2D eigenvalue weighted by Gasteiger charge is -2.27. The minimum atomic E-state index is -4.16. The first-order chi connectivity index (χ1) is 7.79. The van der Waals surface area contributed by atoms with E-state index in [1.165, 1.54) is 0 Å². The van der Waals surface area contributed by atoms with Gasteiger partial charge in [0.05, 0.1) is 0 Å². The molecule has 0 aliphatic rings. The zero-order valence-electron chi connectivity index (χ0n) is 11.0. The third-order valence-corrected chi connectivity index (χ3v) is 3.01. The molecule has 0 spiro atoms. The van der Waals surface area contributed by atoms with E-state index in [0.717, 1.165) is 12.8 Å². The molecule has 4 heteroatoms. The highest BCUT2D eigenvalue weighted by molar-refractivity contribution is 4.80. The van der Waals surface area contributed by atoms with Gasteiger partial charge in [-0.05, 0) is 32.1 Å². The van der Waals surface area contributed by atoms with Crippen molar-refractivity contribution in [3.63, 3.8) is 0 Å². The number of nitrogens with one attached hydrogen (secondary N) is 1. The third kappa shape index (κ3) is 7.42. The van der Waals surface area contributed by atoms with Gasteiger partial charge in [0.25, 0.3) is 0 Å². The highest BCUT2D eigenvalue weighted by atomic mass is 19.4. The largest absolute Gasteiger partial charge is 0.403 e. The van der Waals surface area contributed by atoms with Crippen LogP contribution in [0.3, 0.4) is 0 Å². The number of hydrogen-bond donors (Lipinski definition) is 1. The first-order valence-corrected chi connectivity index (χ1v) is 6.22. The maximum atomic E-state index is 12.8. The summed E-state index contributed by atoms with van der Waals surface area (Å²) in [5.74, 6) is 0.202. The van der Waals surface area contributed by atoms with Crippen LogP contribution in [-0.2, 0) is 0 Å². The van der Waals surface area contributed by atoms with E-state index in [-0.39, 0.29) is 18.4 Å². The van der Waals surface area contributed by atoms with Crippen molar-refractivity contribution >= 4 is 0 Å². The van der Waals surface area contributed by atoms with Gasteiger partial charge in [0.2, 0.25) is 0 Å². The maximum Gasteiger partial charge on any atom is 0.403 e. The molecular weight excluding hydrogens is 227 g/mol. The first kappa shape index (κ1) is 16.5. The minimum Gasteiger partial charge on any atom is -0.303 e. The number of rotatable bonds is 8. The Morgan fingerprint density at radius 3 is 2.18 bits per heavy atom. The predicted molar refractivity (Wildman–Crippen MR) is 65.9 cm³/mol. The van der Waals surface area contributed by atoms with Crippen molar-refractivity contribution in [1.82, 2.24) is 5.32 Å². The summed E-state index contributed by atoms with van der Waals surface area (Å²) in [6.45, 7) is 9.20. The molecule has 0 aromatic heterocycles. The smallest absolute Gasteiger partial charge is 0.303 e. The Kier molecular flexibility index (Phi) is 7.51. The normalized spacial score (nSPS) is 15.9. The first-order valence-electron chi connectivity index (χ1n) is 6.22. The molecule has 0 heterocycles. The summed E-state index contributed by atoms with van der Waals surface area (Å²) in [4.78, 5) is 0. The zero-order chi connectivity index (χ0) is 13.5. The monoisotopic (exact) mass is 251 g/mol. The van der Waals surface area contributed by atoms with Crippen LogP contribution in [0.5, 0.6) is 0 Å². The van der Waals surface area contributed by atoms with E-state index in [9.17, 15) is 13.2 Å². The summed E-state index contributed by atoms with van der Waals surface area (Å²) in [7, 11) is 0. The van der Waals surface area contributed by atoms with Crippen molar-refractivity contribution in [2.75, 3.05) is 0 Å². The maximum absolute atomic E-state index is 12.8. The molecule has 0 aliphatic carbocycles. The van der Waals surface area contributed by atoms with Crippen LogP contribution in [0, 0.1) is 5.92 Å². The summed E-state index contributed by atoms with van der Waals surface area (Å²) in [5, 5.41) is 2.68. The van der Waals surface area contributed by atoms with E-state index in [1.54, 1.807) is 13.0 Å². The van der Waals surface area contributed by atoms with Crippen molar-refractivity contribution in [3.8, 4) is 0 Å². The summed E-state index contributed by atoms with van der Waals surface area (Å²) in [5.41, 5.74) is 0. The van der Waals surface area contributed by atoms with Crippen molar-refractivity contribution in [3.05, 3.63) is 12.7 Å². The highest BCUT2D eigenvalue weighted by Gasteiger charge is 2.39. The van der Waals surface area contributed by atoms with E-state index in [2.05, 4.69) is 11.9 Å². The number of hydrogen-bond acceptors (Lipinski definition) is 1. The summed E-state index contributed by atoms with van der Waals surface area (Å²) < 4.78 is 38.3. The SMILES string of the molecule is C=CCCCCC(NC(C)C(C)C)C(F)(F)F. The van der Waals surface area contributed by atoms with Crippen LogP contribution in [0.1, 0.15) is 46.5 Å². The van der Waals surface area contributed by atoms with Crippen molar-refractivity contribution in [1.29, 1.82) is 0 Å². The third-order valence-electron chi connectivity index (χ3n) is 3.01. The molecule has 2 unspecified atom stereocenters. The molecule has 0 radical (unpaired) electrons. The molecule has 2 atom stereocenters. The summed E-state index contributed by atoms with van der Waals surface area (Å²) in [6.07, 6.45) is -0.134. The van der Waals surface area contributed by atoms with Gasteiger partial charge in [-0.25, -0.2) is 0 Å². The molecular formula is C13H24F3N. The summed E-state index contributed by atoms with van der Waals surface area (Å²) in [6, 6.07) is -1.51. The van der Waals surface area contributed by atoms with Crippen LogP contribution < -0.4 is 5.32 Å². The number of halogens is 3. The molecule has 0 aromatic rings. The molecule has 0 bridgehead atoms. The van der Waals surface area contributed by atoms with Gasteiger partial charge in [-0.2, -0.15) is 13.2 Å². The van der Waals surface area contributed by atoms with Gasteiger partial charge < -0.3 is 5.32 Å². The van der Waals surface area contributed by atoms with Gasteiger partial charge in [-0.1, -0.05) is 26.3 Å². The van der Waals surface area contributed by atoms with Gasteiger partial charge in [-0.15, -0.1) is 6.58 Å². The average Bonchev–Trinajstić information content (AvgIpc) is 2.20. The Hall–Kier alpha value is -0.510. The predicted octanol–water partition coefficient (Wildman–Crippen LogP) is 4.30. The Morgan fingerprint density at radius 2 is 1.76 bits per heavy atom. The lowest BCUT2D eigenvalue weighted by Crippen LogP contribution is -2.48. The van der Waals surface area contributed by atoms with Gasteiger partial charge in [-0.3, -0.25) is 0 Å². The molecule has 0 amide bonds. The topological polar surface area (TPSA) is 12.0 Å². The van der Waals surface area contributed by atoms with E-state index < -0.39 is 12.2 Å². The van der Waals surface area contributed by atoms with Gasteiger partial charge >= 0.3 is 6.18 Å². The molecule has 0 fully saturated rings. The Morgan fingerprint density at radius 1 is 1.18 bits per heavy atom. The van der Waals surface area contributed by atoms with Crippen LogP contribution in [-0.4, -0.2) is 18.3 Å². The Balaban J connectivity index is 4.20. The Labute approximate surface area is 102 Å². The standard InChI is InChI=1S/C13H24F3N/c1-5-6-7-8-9-12(13(14,15)16)17-11(4)10(2)3/h5,10-12,17H,1,6-9H2,2-4H3. The molecule has 0 aliphatic heterocycles. The molecule has 1 N–H and O–H groups in total. The van der Waals surface area contributed by atoms with E-state index in [4.69, 9.17) is 0 Å². The fraction of sp³-hybridized carbons (Fsp3) is 0.846. The minimum absolute atomic E-state index is 0.124. The lowest BCUT2D eigenvalue weighted by atomic mass is 10.0. The van der Waals surface area contributed by atoms with Crippen molar-refractivity contribution in [2.24, 2.45) is 5.92 Å². The molecule has 17 heavy (non-hydrogen) atoms. The van der Waals surface area contributed by atoms with Gasteiger partial charge in [0.15, 0.2) is 0 Å². The average molecular weight is 251 g/mol. The van der Waals surface area contributed by atoms with Crippen molar-refractivity contribution in [2.45, 2.75) is 64.7 Å². The van der Waals surface area contributed by atoms with Gasteiger partial charge in [0, 0.05) is 6.04 Å². The van der Waals surface area contributed by atoms with Crippen LogP contribution in [0.4, 0.5) is 13.2 Å². The van der Waals surface area contributed by atoms with Crippen LogP contribution in [0.2, 0.25) is 0 Å². The van der Waals surface area contributed by atoms with Crippen LogP contribution >= 0.6 is 0 Å². The second-order valence-corrected chi connectivity index (χ2v) is 4.87. The molecule has 0 saturated heterocycles. The van der Waals surface area contributed by atoms with E-state index in [1.807, 2.05) is 13.8 Å². The van der Waals surface area contributed by atoms with E-state index >= 15 is 0 Å². The highest BCUT2D eigenvalue weighted by Crippen LogP contribution is 2.25. The second kappa shape index (κ2) is 7.75.